The van der Waals surface area contributed by atoms with Gasteiger partial charge in [-0.3, -0.25) is 14.6 Å². The third kappa shape index (κ3) is 6.17. The van der Waals surface area contributed by atoms with Crippen LogP contribution in [0.3, 0.4) is 0 Å². The molecule has 0 spiro atoms. The molecule has 2 N–H and O–H groups in total. The number of hydrogen-bond acceptors (Lipinski definition) is 7. The molecule has 2 aromatic heterocycles. The summed E-state index contributed by atoms with van der Waals surface area (Å²) in [6.45, 7) is 5.06. The minimum absolute atomic E-state index is 0.0108. The largest absolute Gasteiger partial charge is 0.381 e. The predicted molar refractivity (Wildman–Crippen MR) is 126 cm³/mol. The van der Waals surface area contributed by atoms with Crippen LogP contribution in [-0.4, -0.2) is 64.5 Å². The SMILES string of the molecule is CC(=O)N1CCC[C@@H](C(=O)Nc2cc(-c3cncc(NCC4CCOCC4)n3)c(Cl)cn2)C1. The van der Waals surface area contributed by atoms with Gasteiger partial charge in [0, 0.05) is 51.5 Å². The van der Waals surface area contributed by atoms with E-state index in [-0.39, 0.29) is 17.7 Å². The van der Waals surface area contributed by atoms with Crippen molar-refractivity contribution in [1.82, 2.24) is 19.9 Å². The van der Waals surface area contributed by atoms with Gasteiger partial charge in [0.25, 0.3) is 0 Å². The molecule has 0 radical (unpaired) electrons. The first-order chi connectivity index (χ1) is 16.0. The molecule has 0 aliphatic carbocycles. The molecule has 2 fully saturated rings. The van der Waals surface area contributed by atoms with Crippen molar-refractivity contribution >= 4 is 35.1 Å². The molecule has 1 atom stereocenters. The van der Waals surface area contributed by atoms with Crippen molar-refractivity contribution in [3.05, 3.63) is 29.7 Å². The summed E-state index contributed by atoms with van der Waals surface area (Å²) in [7, 11) is 0. The standard InChI is InChI=1S/C23H29ClN6O3/c1-15(31)30-6-2-3-17(14-30)23(32)29-21-9-18(19(24)11-27-21)20-12-25-13-22(28-20)26-10-16-4-7-33-8-5-16/h9,11-13,16-17H,2-8,10,14H2,1H3,(H,26,28)(H,27,29,32)/t17-/m1/s1. The van der Waals surface area contributed by atoms with Crippen LogP contribution in [0.25, 0.3) is 11.3 Å². The van der Waals surface area contributed by atoms with E-state index in [9.17, 15) is 9.59 Å². The number of likely N-dealkylation sites (tertiary alicyclic amines) is 1. The number of pyridine rings is 1. The molecule has 10 heteroatoms. The predicted octanol–water partition coefficient (Wildman–Crippen LogP) is 3.23. The van der Waals surface area contributed by atoms with Gasteiger partial charge < -0.3 is 20.3 Å². The Kier molecular flexibility index (Phi) is 7.72. The van der Waals surface area contributed by atoms with Gasteiger partial charge >= 0.3 is 0 Å². The van der Waals surface area contributed by atoms with Gasteiger partial charge in [0.2, 0.25) is 11.8 Å². The Hall–Kier alpha value is -2.78. The van der Waals surface area contributed by atoms with E-state index < -0.39 is 0 Å². The molecule has 0 aromatic carbocycles. The van der Waals surface area contributed by atoms with E-state index in [0.717, 1.165) is 45.4 Å². The fraction of sp³-hybridized carbons (Fsp3) is 0.522. The van der Waals surface area contributed by atoms with Gasteiger partial charge in [0.1, 0.15) is 11.6 Å². The van der Waals surface area contributed by atoms with Crippen LogP contribution in [0.4, 0.5) is 11.6 Å². The van der Waals surface area contributed by atoms with E-state index in [1.165, 1.54) is 13.1 Å². The van der Waals surface area contributed by atoms with E-state index in [2.05, 4.69) is 25.6 Å². The third-order valence-electron chi connectivity index (χ3n) is 6.17. The zero-order valence-electron chi connectivity index (χ0n) is 18.7. The summed E-state index contributed by atoms with van der Waals surface area (Å²) in [5, 5.41) is 6.65. The lowest BCUT2D eigenvalue weighted by atomic mass is 9.97. The van der Waals surface area contributed by atoms with E-state index >= 15 is 0 Å². The number of carbonyl (C=O) groups excluding carboxylic acids is 2. The van der Waals surface area contributed by atoms with Gasteiger partial charge in [-0.05, 0) is 37.7 Å². The molecule has 4 rings (SSSR count). The zero-order valence-corrected chi connectivity index (χ0v) is 19.5. The van der Waals surface area contributed by atoms with Gasteiger partial charge in [0.05, 0.1) is 29.0 Å². The molecule has 2 aliphatic heterocycles. The number of piperidine rings is 1. The first-order valence-corrected chi connectivity index (χ1v) is 11.7. The van der Waals surface area contributed by atoms with Gasteiger partial charge in [-0.25, -0.2) is 9.97 Å². The number of nitrogens with zero attached hydrogens (tertiary/aromatic N) is 4. The molecule has 33 heavy (non-hydrogen) atoms. The highest BCUT2D eigenvalue weighted by Gasteiger charge is 2.27. The number of aromatic nitrogens is 3. The van der Waals surface area contributed by atoms with Crippen molar-refractivity contribution in [2.24, 2.45) is 11.8 Å². The normalized spacial score (nSPS) is 19.2. The Morgan fingerprint density at radius 2 is 2.00 bits per heavy atom. The summed E-state index contributed by atoms with van der Waals surface area (Å²) in [5.41, 5.74) is 1.23. The molecular weight excluding hydrogens is 444 g/mol. The minimum Gasteiger partial charge on any atom is -0.381 e. The Balaban J connectivity index is 1.43. The number of amides is 2. The fourth-order valence-electron chi connectivity index (χ4n) is 4.19. The van der Waals surface area contributed by atoms with Crippen LogP contribution in [0.15, 0.2) is 24.7 Å². The van der Waals surface area contributed by atoms with Crippen LogP contribution in [-0.2, 0) is 14.3 Å². The molecule has 176 valence electrons. The fourth-order valence-corrected chi connectivity index (χ4v) is 4.39. The second kappa shape index (κ2) is 10.9. The van der Waals surface area contributed by atoms with Crippen LogP contribution in [0.2, 0.25) is 5.02 Å². The van der Waals surface area contributed by atoms with E-state index in [1.54, 1.807) is 23.4 Å². The van der Waals surface area contributed by atoms with E-state index in [0.29, 0.717) is 46.9 Å². The number of hydrogen-bond donors (Lipinski definition) is 2. The zero-order chi connectivity index (χ0) is 23.2. The van der Waals surface area contributed by atoms with Crippen molar-refractivity contribution in [2.75, 3.05) is 43.5 Å². The maximum Gasteiger partial charge on any atom is 0.230 e. The lowest BCUT2D eigenvalue weighted by molar-refractivity contribution is -0.132. The quantitative estimate of drug-likeness (QED) is 0.664. The summed E-state index contributed by atoms with van der Waals surface area (Å²) in [6.07, 6.45) is 8.43. The Bertz CT molecular complexity index is 998. The number of carbonyl (C=O) groups is 2. The van der Waals surface area contributed by atoms with Crippen molar-refractivity contribution in [2.45, 2.75) is 32.6 Å². The monoisotopic (exact) mass is 472 g/mol. The van der Waals surface area contributed by atoms with Crippen LogP contribution in [0, 0.1) is 11.8 Å². The summed E-state index contributed by atoms with van der Waals surface area (Å²) < 4.78 is 5.41. The molecule has 2 amide bonds. The highest BCUT2D eigenvalue weighted by molar-refractivity contribution is 6.33. The number of rotatable bonds is 6. The van der Waals surface area contributed by atoms with Crippen LogP contribution in [0.5, 0.6) is 0 Å². The summed E-state index contributed by atoms with van der Waals surface area (Å²) in [5.74, 6) is 1.18. The van der Waals surface area contributed by atoms with E-state index in [4.69, 9.17) is 16.3 Å². The Morgan fingerprint density at radius 1 is 1.18 bits per heavy atom. The summed E-state index contributed by atoms with van der Waals surface area (Å²) in [6, 6.07) is 1.71. The van der Waals surface area contributed by atoms with Crippen molar-refractivity contribution in [1.29, 1.82) is 0 Å². The highest BCUT2D eigenvalue weighted by atomic mass is 35.5. The van der Waals surface area contributed by atoms with Crippen molar-refractivity contribution in [3.8, 4) is 11.3 Å². The van der Waals surface area contributed by atoms with Crippen molar-refractivity contribution < 1.29 is 14.3 Å². The minimum atomic E-state index is -0.263. The number of ether oxygens (including phenoxy) is 1. The average Bonchev–Trinajstić information content (AvgIpc) is 2.85. The van der Waals surface area contributed by atoms with Gasteiger partial charge in [-0.2, -0.15) is 0 Å². The summed E-state index contributed by atoms with van der Waals surface area (Å²) >= 11 is 6.40. The molecule has 9 nitrogen and oxygen atoms in total. The number of nitrogens with one attached hydrogen (secondary N) is 2. The second-order valence-electron chi connectivity index (χ2n) is 8.57. The molecule has 4 heterocycles. The van der Waals surface area contributed by atoms with Gasteiger partial charge in [0.15, 0.2) is 0 Å². The van der Waals surface area contributed by atoms with Gasteiger partial charge in [-0.1, -0.05) is 11.6 Å². The van der Waals surface area contributed by atoms with Crippen LogP contribution >= 0.6 is 11.6 Å². The number of anilines is 2. The smallest absolute Gasteiger partial charge is 0.230 e. The molecule has 2 aliphatic rings. The second-order valence-corrected chi connectivity index (χ2v) is 8.98. The first-order valence-electron chi connectivity index (χ1n) is 11.4. The molecule has 2 saturated heterocycles. The third-order valence-corrected chi connectivity index (χ3v) is 6.47. The van der Waals surface area contributed by atoms with Crippen molar-refractivity contribution in [3.63, 3.8) is 0 Å². The molecule has 2 aromatic rings. The molecule has 0 bridgehead atoms. The average molecular weight is 473 g/mol. The topological polar surface area (TPSA) is 109 Å². The summed E-state index contributed by atoms with van der Waals surface area (Å²) in [4.78, 5) is 39.4. The molecular formula is C23H29ClN6O3. The highest BCUT2D eigenvalue weighted by Crippen LogP contribution is 2.29. The maximum atomic E-state index is 12.8. The lowest BCUT2D eigenvalue weighted by Crippen LogP contribution is -2.42. The first kappa shape index (κ1) is 23.4. The van der Waals surface area contributed by atoms with Crippen LogP contribution < -0.4 is 10.6 Å². The van der Waals surface area contributed by atoms with Crippen LogP contribution in [0.1, 0.15) is 32.6 Å². The molecule has 0 saturated carbocycles. The molecule has 0 unspecified atom stereocenters. The lowest BCUT2D eigenvalue weighted by Gasteiger charge is -2.31. The van der Waals surface area contributed by atoms with Gasteiger partial charge in [-0.15, -0.1) is 0 Å². The Morgan fingerprint density at radius 3 is 2.79 bits per heavy atom. The Labute approximate surface area is 198 Å². The van der Waals surface area contributed by atoms with E-state index in [1.807, 2.05) is 0 Å². The number of halogens is 1. The maximum absolute atomic E-state index is 12.8.